The van der Waals surface area contributed by atoms with Crippen LogP contribution in [0.1, 0.15) is 30.3 Å². The van der Waals surface area contributed by atoms with Crippen molar-refractivity contribution < 1.29 is 19.8 Å². The Morgan fingerprint density at radius 2 is 2.19 bits per heavy atom. The molecule has 118 valence electrons. The molecule has 0 aliphatic heterocycles. The van der Waals surface area contributed by atoms with Gasteiger partial charge in [0.05, 0.1) is 19.3 Å². The van der Waals surface area contributed by atoms with E-state index in [1.165, 1.54) is 10.9 Å². The van der Waals surface area contributed by atoms with Crippen LogP contribution in [0.5, 0.6) is 0 Å². The molecular formula is C12H21N5O4. The van der Waals surface area contributed by atoms with Gasteiger partial charge in [0, 0.05) is 19.6 Å². The number of aromatic carboxylic acids is 1. The molecule has 1 aromatic heterocycles. The number of hydrogen-bond donors (Lipinski definition) is 3. The second kappa shape index (κ2) is 8.90. The molecule has 3 N–H and O–H groups in total. The highest BCUT2D eigenvalue weighted by Crippen LogP contribution is 1.96. The van der Waals surface area contributed by atoms with Crippen LogP contribution >= 0.6 is 0 Å². The van der Waals surface area contributed by atoms with Crippen LogP contribution in [0.15, 0.2) is 6.20 Å². The monoisotopic (exact) mass is 299 g/mol. The van der Waals surface area contributed by atoms with Gasteiger partial charge in [-0.15, -0.1) is 5.10 Å². The minimum atomic E-state index is -1.14. The number of unbranched alkanes of at least 4 members (excludes halogenated alkanes) is 1. The van der Waals surface area contributed by atoms with Crippen molar-refractivity contribution >= 4 is 12.0 Å². The maximum atomic E-state index is 11.9. The number of urea groups is 1. The highest BCUT2D eigenvalue weighted by atomic mass is 16.4. The maximum Gasteiger partial charge on any atom is 0.358 e. The number of aromatic nitrogens is 3. The third kappa shape index (κ3) is 5.78. The molecule has 1 rings (SSSR count). The van der Waals surface area contributed by atoms with Gasteiger partial charge in [0.25, 0.3) is 0 Å². The predicted molar refractivity (Wildman–Crippen MR) is 73.9 cm³/mol. The van der Waals surface area contributed by atoms with E-state index >= 15 is 0 Å². The lowest BCUT2D eigenvalue weighted by Gasteiger charge is -2.21. The van der Waals surface area contributed by atoms with Crippen molar-refractivity contribution in [2.24, 2.45) is 0 Å². The molecule has 0 aliphatic rings. The van der Waals surface area contributed by atoms with E-state index in [9.17, 15) is 9.59 Å². The molecule has 21 heavy (non-hydrogen) atoms. The van der Waals surface area contributed by atoms with Crippen molar-refractivity contribution in [3.8, 4) is 0 Å². The number of nitrogens with one attached hydrogen (secondary N) is 1. The summed E-state index contributed by atoms with van der Waals surface area (Å²) in [7, 11) is 0. The molecule has 0 aromatic carbocycles. The summed E-state index contributed by atoms with van der Waals surface area (Å²) in [6.07, 6.45) is 3.14. The zero-order valence-corrected chi connectivity index (χ0v) is 12.0. The van der Waals surface area contributed by atoms with Crippen LogP contribution in [0.25, 0.3) is 0 Å². The fourth-order valence-electron chi connectivity index (χ4n) is 1.68. The van der Waals surface area contributed by atoms with E-state index in [-0.39, 0.29) is 18.3 Å². The van der Waals surface area contributed by atoms with Crippen LogP contribution in [0.3, 0.4) is 0 Å². The van der Waals surface area contributed by atoms with Crippen molar-refractivity contribution in [2.45, 2.75) is 26.3 Å². The fourth-order valence-corrected chi connectivity index (χ4v) is 1.68. The molecule has 0 atom stereocenters. The minimum absolute atomic E-state index is 0.0812. The molecule has 0 unspecified atom stereocenters. The number of hydrogen-bond acceptors (Lipinski definition) is 5. The summed E-state index contributed by atoms with van der Waals surface area (Å²) < 4.78 is 1.35. The summed E-state index contributed by atoms with van der Waals surface area (Å²) >= 11 is 0. The normalized spacial score (nSPS) is 10.4. The molecule has 2 amide bonds. The summed E-state index contributed by atoms with van der Waals surface area (Å²) in [5.41, 5.74) is -0.133. The quantitative estimate of drug-likeness (QED) is 0.580. The molecule has 0 radical (unpaired) electrons. The van der Waals surface area contributed by atoms with E-state index in [2.05, 4.69) is 15.6 Å². The zero-order chi connectivity index (χ0) is 15.7. The summed E-state index contributed by atoms with van der Waals surface area (Å²) in [6, 6.07) is -0.254. The first-order chi connectivity index (χ1) is 10.1. The molecule has 0 spiro atoms. The largest absolute Gasteiger partial charge is 0.476 e. The second-order valence-corrected chi connectivity index (χ2v) is 4.47. The summed E-state index contributed by atoms with van der Waals surface area (Å²) in [5, 5.41) is 27.5. The lowest BCUT2D eigenvalue weighted by atomic mass is 10.3. The van der Waals surface area contributed by atoms with Gasteiger partial charge in [-0.25, -0.2) is 14.3 Å². The van der Waals surface area contributed by atoms with Crippen LogP contribution in [0.2, 0.25) is 0 Å². The Labute approximate surface area is 122 Å². The van der Waals surface area contributed by atoms with Crippen LogP contribution in [0, 0.1) is 0 Å². The van der Waals surface area contributed by atoms with Crippen molar-refractivity contribution in [3.63, 3.8) is 0 Å². The molecular weight excluding hydrogens is 278 g/mol. The average molecular weight is 299 g/mol. The van der Waals surface area contributed by atoms with Gasteiger partial charge in [-0.05, 0) is 6.42 Å². The number of carboxylic acid groups (broad SMARTS) is 1. The molecule has 0 aliphatic carbocycles. The van der Waals surface area contributed by atoms with Crippen molar-refractivity contribution in [1.29, 1.82) is 0 Å². The van der Waals surface area contributed by atoms with E-state index in [1.807, 2.05) is 6.92 Å². The molecule has 9 nitrogen and oxygen atoms in total. The molecule has 1 aromatic rings. The highest BCUT2D eigenvalue weighted by molar-refractivity contribution is 5.84. The number of nitrogens with zero attached hydrogens (tertiary/aromatic N) is 4. The van der Waals surface area contributed by atoms with Gasteiger partial charge < -0.3 is 20.4 Å². The number of aliphatic hydroxyl groups is 1. The second-order valence-electron chi connectivity index (χ2n) is 4.47. The first-order valence-corrected chi connectivity index (χ1v) is 6.85. The van der Waals surface area contributed by atoms with Gasteiger partial charge >= 0.3 is 12.0 Å². The first-order valence-electron chi connectivity index (χ1n) is 6.85. The van der Waals surface area contributed by atoms with Gasteiger partial charge in [0.1, 0.15) is 0 Å². The molecule has 0 fully saturated rings. The standard InChI is InChI=1S/C12H21N5O4/c1-2-3-5-16(7-8-18)12(21)13-4-6-17-9-10(11(19)20)14-15-17/h9,18H,2-8H2,1H3,(H,13,21)(H,19,20). The Morgan fingerprint density at radius 1 is 1.43 bits per heavy atom. The third-order valence-corrected chi connectivity index (χ3v) is 2.81. The van der Waals surface area contributed by atoms with E-state index < -0.39 is 5.97 Å². The Hall–Kier alpha value is -2.16. The Balaban J connectivity index is 2.37. The number of carbonyl (C=O) groups excluding carboxylic acids is 1. The molecule has 9 heteroatoms. The van der Waals surface area contributed by atoms with E-state index in [0.717, 1.165) is 12.8 Å². The number of carbonyl (C=O) groups is 2. The number of aliphatic hydroxyl groups excluding tert-OH is 1. The summed E-state index contributed by atoms with van der Waals surface area (Å²) in [4.78, 5) is 24.1. The predicted octanol–water partition coefficient (Wildman–Crippen LogP) is -0.220. The van der Waals surface area contributed by atoms with Crippen LogP contribution in [0.4, 0.5) is 4.79 Å². The molecule has 1 heterocycles. The topological polar surface area (TPSA) is 121 Å². The first kappa shape index (κ1) is 16.9. The van der Waals surface area contributed by atoms with Gasteiger partial charge in [-0.1, -0.05) is 18.6 Å². The van der Waals surface area contributed by atoms with E-state index in [0.29, 0.717) is 26.2 Å². The van der Waals surface area contributed by atoms with Crippen LogP contribution < -0.4 is 5.32 Å². The number of amides is 2. The fraction of sp³-hybridized carbons (Fsp3) is 0.667. The summed E-state index contributed by atoms with van der Waals surface area (Å²) in [5.74, 6) is -1.14. The number of rotatable bonds is 9. The third-order valence-electron chi connectivity index (χ3n) is 2.81. The lowest BCUT2D eigenvalue weighted by molar-refractivity contribution is 0.0690. The lowest BCUT2D eigenvalue weighted by Crippen LogP contribution is -2.43. The van der Waals surface area contributed by atoms with Crippen LogP contribution in [-0.4, -0.2) is 68.3 Å². The number of carboxylic acids is 1. The van der Waals surface area contributed by atoms with E-state index in [4.69, 9.17) is 10.2 Å². The maximum absolute atomic E-state index is 11.9. The van der Waals surface area contributed by atoms with Crippen LogP contribution in [-0.2, 0) is 6.54 Å². The average Bonchev–Trinajstić information content (AvgIpc) is 2.92. The van der Waals surface area contributed by atoms with Gasteiger partial charge in [0.15, 0.2) is 5.69 Å². The molecule has 0 saturated carbocycles. The SMILES string of the molecule is CCCCN(CCO)C(=O)NCCn1cc(C(=O)O)nn1. The Bertz CT molecular complexity index is 462. The highest BCUT2D eigenvalue weighted by Gasteiger charge is 2.12. The molecule has 0 saturated heterocycles. The smallest absolute Gasteiger partial charge is 0.358 e. The van der Waals surface area contributed by atoms with Crippen molar-refractivity contribution in [3.05, 3.63) is 11.9 Å². The molecule has 0 bridgehead atoms. The minimum Gasteiger partial charge on any atom is -0.476 e. The van der Waals surface area contributed by atoms with Gasteiger partial charge in [-0.2, -0.15) is 0 Å². The van der Waals surface area contributed by atoms with Gasteiger partial charge in [-0.3, -0.25) is 0 Å². The summed E-state index contributed by atoms with van der Waals surface area (Å²) in [6.45, 7) is 3.46. The van der Waals surface area contributed by atoms with Gasteiger partial charge in [0.2, 0.25) is 0 Å². The van der Waals surface area contributed by atoms with Crippen molar-refractivity contribution in [1.82, 2.24) is 25.2 Å². The van der Waals surface area contributed by atoms with Crippen molar-refractivity contribution in [2.75, 3.05) is 26.2 Å². The zero-order valence-electron chi connectivity index (χ0n) is 12.0. The Kier molecular flexibility index (Phi) is 7.16. The Morgan fingerprint density at radius 3 is 2.76 bits per heavy atom. The van der Waals surface area contributed by atoms with E-state index in [1.54, 1.807) is 4.90 Å².